The van der Waals surface area contributed by atoms with E-state index in [0.717, 1.165) is 40.0 Å². The van der Waals surface area contributed by atoms with Gasteiger partial charge in [0, 0.05) is 35.8 Å². The Bertz CT molecular complexity index is 1150. The molecule has 4 aromatic rings. The maximum Gasteiger partial charge on any atom is 0.416 e. The van der Waals surface area contributed by atoms with Gasteiger partial charge in [-0.05, 0) is 66.0 Å². The van der Waals surface area contributed by atoms with Crippen molar-refractivity contribution < 1.29 is 13.2 Å². The molecule has 0 bridgehead atoms. The van der Waals surface area contributed by atoms with Gasteiger partial charge >= 0.3 is 6.18 Å². The lowest BCUT2D eigenvalue weighted by molar-refractivity contribution is -0.137. The maximum absolute atomic E-state index is 12.7. The molecule has 0 saturated heterocycles. The molecule has 0 aliphatic heterocycles. The summed E-state index contributed by atoms with van der Waals surface area (Å²) in [7, 11) is 0. The first kappa shape index (κ1) is 21.1. The van der Waals surface area contributed by atoms with Crippen LogP contribution in [0.5, 0.6) is 0 Å². The molecular formula is C23H19F3N4S. The predicted octanol–water partition coefficient (Wildman–Crippen LogP) is 6.06. The van der Waals surface area contributed by atoms with Gasteiger partial charge in [-0.1, -0.05) is 18.2 Å². The fraction of sp³-hybridized carbons (Fsp3) is 0.130. The lowest BCUT2D eigenvalue weighted by atomic mass is 10.1. The summed E-state index contributed by atoms with van der Waals surface area (Å²) in [5.74, 6) is 0. The van der Waals surface area contributed by atoms with E-state index in [1.807, 2.05) is 42.5 Å². The Morgan fingerprint density at radius 3 is 2.35 bits per heavy atom. The largest absolute Gasteiger partial charge is 0.416 e. The van der Waals surface area contributed by atoms with Crippen LogP contribution in [-0.4, -0.2) is 9.97 Å². The van der Waals surface area contributed by atoms with Crippen LogP contribution in [0.3, 0.4) is 0 Å². The Kier molecular flexibility index (Phi) is 6.39. The summed E-state index contributed by atoms with van der Waals surface area (Å²) >= 11 is 1.25. The van der Waals surface area contributed by atoms with Crippen molar-refractivity contribution in [3.05, 3.63) is 95.9 Å². The molecule has 0 unspecified atom stereocenters. The number of para-hydroxylation sites is 1. The van der Waals surface area contributed by atoms with Gasteiger partial charge in [-0.3, -0.25) is 4.98 Å². The number of hydrogen-bond donors (Lipinski definition) is 2. The summed E-state index contributed by atoms with van der Waals surface area (Å²) in [6.45, 7) is 1.32. The van der Waals surface area contributed by atoms with E-state index < -0.39 is 11.7 Å². The Morgan fingerprint density at radius 1 is 0.839 bits per heavy atom. The van der Waals surface area contributed by atoms with Gasteiger partial charge in [0.2, 0.25) is 0 Å². The van der Waals surface area contributed by atoms with Gasteiger partial charge in [0.05, 0.1) is 22.5 Å². The highest BCUT2D eigenvalue weighted by Crippen LogP contribution is 2.32. The van der Waals surface area contributed by atoms with Crippen LogP contribution in [0.15, 0.2) is 84.0 Å². The van der Waals surface area contributed by atoms with Crippen LogP contribution in [0.4, 0.5) is 18.9 Å². The minimum absolute atomic E-state index is 0.610. The molecule has 0 saturated carbocycles. The van der Waals surface area contributed by atoms with Crippen molar-refractivity contribution in [1.29, 1.82) is 0 Å². The number of nitrogens with zero attached hydrogens (tertiary/aromatic N) is 2. The van der Waals surface area contributed by atoms with E-state index in [-0.39, 0.29) is 0 Å². The van der Waals surface area contributed by atoms with Crippen LogP contribution in [0, 0.1) is 0 Å². The van der Waals surface area contributed by atoms with Crippen molar-refractivity contribution in [2.24, 2.45) is 0 Å². The highest BCUT2D eigenvalue weighted by atomic mass is 32.2. The molecule has 2 heterocycles. The molecular weight excluding hydrogens is 421 g/mol. The van der Waals surface area contributed by atoms with Crippen molar-refractivity contribution in [2.45, 2.75) is 24.2 Å². The monoisotopic (exact) mass is 440 g/mol. The number of benzene rings is 2. The molecule has 0 aliphatic carbocycles. The predicted molar refractivity (Wildman–Crippen MR) is 117 cm³/mol. The highest BCUT2D eigenvalue weighted by Gasteiger charge is 2.29. The zero-order valence-corrected chi connectivity index (χ0v) is 17.2. The maximum atomic E-state index is 12.7. The van der Waals surface area contributed by atoms with E-state index in [1.165, 1.54) is 24.1 Å². The van der Waals surface area contributed by atoms with Crippen molar-refractivity contribution in [3.63, 3.8) is 0 Å². The molecule has 158 valence electrons. The third-order valence-electron chi connectivity index (χ3n) is 4.62. The second-order valence-corrected chi connectivity index (χ2v) is 7.74. The molecule has 4 nitrogen and oxygen atoms in total. The molecule has 0 aliphatic rings. The molecule has 31 heavy (non-hydrogen) atoms. The van der Waals surface area contributed by atoms with Crippen molar-refractivity contribution in [1.82, 2.24) is 15.3 Å². The van der Waals surface area contributed by atoms with Crippen LogP contribution in [0.25, 0.3) is 10.9 Å². The van der Waals surface area contributed by atoms with E-state index in [2.05, 4.69) is 15.0 Å². The number of pyridine rings is 2. The number of fused-ring (bicyclic) bond motifs is 1. The fourth-order valence-corrected chi connectivity index (χ4v) is 3.69. The minimum atomic E-state index is -4.34. The highest BCUT2D eigenvalue weighted by molar-refractivity contribution is 8.00. The third kappa shape index (κ3) is 5.53. The quantitative estimate of drug-likeness (QED) is 0.342. The summed E-state index contributed by atoms with van der Waals surface area (Å²) in [5.41, 5.74) is 3.00. The smallest absolute Gasteiger partial charge is 0.324 e. The van der Waals surface area contributed by atoms with Crippen LogP contribution >= 0.6 is 11.9 Å². The lowest BCUT2D eigenvalue weighted by Crippen LogP contribution is -2.13. The van der Waals surface area contributed by atoms with Gasteiger partial charge in [0.1, 0.15) is 0 Å². The molecule has 0 atom stereocenters. The first-order valence-electron chi connectivity index (χ1n) is 9.57. The van der Waals surface area contributed by atoms with E-state index in [1.54, 1.807) is 12.4 Å². The van der Waals surface area contributed by atoms with Gasteiger partial charge in [-0.15, -0.1) is 0 Å². The number of anilines is 1. The van der Waals surface area contributed by atoms with E-state index in [4.69, 9.17) is 4.98 Å². The number of hydrogen-bond acceptors (Lipinski definition) is 5. The van der Waals surface area contributed by atoms with E-state index in [9.17, 15) is 13.2 Å². The van der Waals surface area contributed by atoms with Gasteiger partial charge in [0.25, 0.3) is 0 Å². The number of aromatic nitrogens is 2. The van der Waals surface area contributed by atoms with Gasteiger partial charge < -0.3 is 10.0 Å². The summed E-state index contributed by atoms with van der Waals surface area (Å²) in [5, 5.41) is 4.35. The molecule has 0 amide bonds. The van der Waals surface area contributed by atoms with Gasteiger partial charge in [0.15, 0.2) is 0 Å². The Labute approximate surface area is 182 Å². The molecule has 2 N–H and O–H groups in total. The fourth-order valence-electron chi connectivity index (χ4n) is 3.03. The second kappa shape index (κ2) is 9.36. The summed E-state index contributed by atoms with van der Waals surface area (Å²) < 4.78 is 41.4. The summed E-state index contributed by atoms with van der Waals surface area (Å²) in [6.07, 6.45) is -0.812. The van der Waals surface area contributed by atoms with Crippen LogP contribution in [0.2, 0.25) is 0 Å². The molecule has 8 heteroatoms. The number of rotatable bonds is 7. The Balaban J connectivity index is 1.44. The van der Waals surface area contributed by atoms with Crippen molar-refractivity contribution in [3.8, 4) is 0 Å². The first-order valence-corrected chi connectivity index (χ1v) is 10.4. The van der Waals surface area contributed by atoms with Crippen LogP contribution in [0.1, 0.15) is 16.8 Å². The Morgan fingerprint density at radius 2 is 1.61 bits per heavy atom. The number of halogens is 3. The lowest BCUT2D eigenvalue weighted by Gasteiger charge is -2.11. The Hall–Kier alpha value is -3.10. The standard InChI is InChI=1S/C23H19F3N4S/c24-23(25,26)18-5-8-20(9-6-18)31-30-21-3-1-2-17-4-7-19(29-22(17)21)15-28-14-16-10-12-27-13-11-16/h1-13,28,30H,14-15H2. The summed E-state index contributed by atoms with van der Waals surface area (Å²) in [6, 6.07) is 18.8. The second-order valence-electron chi connectivity index (χ2n) is 6.87. The first-order chi connectivity index (χ1) is 15.0. The normalized spacial score (nSPS) is 11.6. The van der Waals surface area contributed by atoms with Crippen molar-refractivity contribution in [2.75, 3.05) is 4.72 Å². The SMILES string of the molecule is FC(F)(F)c1ccc(SNc2cccc3ccc(CNCc4ccncc4)nc23)cc1. The molecule has 0 spiro atoms. The van der Waals surface area contributed by atoms with E-state index in [0.29, 0.717) is 18.0 Å². The van der Waals surface area contributed by atoms with Crippen LogP contribution < -0.4 is 10.0 Å². The topological polar surface area (TPSA) is 49.8 Å². The third-order valence-corrected chi connectivity index (χ3v) is 5.45. The molecule has 2 aromatic heterocycles. The number of nitrogens with one attached hydrogen (secondary N) is 2. The minimum Gasteiger partial charge on any atom is -0.324 e. The number of alkyl halides is 3. The summed E-state index contributed by atoms with van der Waals surface area (Å²) in [4.78, 5) is 9.46. The molecule has 0 fully saturated rings. The van der Waals surface area contributed by atoms with Gasteiger partial charge in [-0.2, -0.15) is 13.2 Å². The average Bonchev–Trinajstić information content (AvgIpc) is 2.78. The van der Waals surface area contributed by atoms with Crippen LogP contribution in [-0.2, 0) is 19.3 Å². The van der Waals surface area contributed by atoms with Crippen molar-refractivity contribution >= 4 is 28.5 Å². The van der Waals surface area contributed by atoms with Gasteiger partial charge in [-0.25, -0.2) is 4.98 Å². The molecule has 2 aromatic carbocycles. The molecule has 4 rings (SSSR count). The average molecular weight is 440 g/mol. The zero-order valence-electron chi connectivity index (χ0n) is 16.4. The van der Waals surface area contributed by atoms with E-state index >= 15 is 0 Å². The molecule has 0 radical (unpaired) electrons. The zero-order chi connectivity index (χ0) is 21.7.